The number of anilines is 1. The van der Waals surface area contributed by atoms with E-state index in [4.69, 9.17) is 0 Å². The first-order valence-electron chi connectivity index (χ1n) is 5.62. The van der Waals surface area contributed by atoms with Crippen LogP contribution in [0.4, 0.5) is 5.69 Å². The molecule has 2 N–H and O–H groups in total. The van der Waals surface area contributed by atoms with E-state index >= 15 is 0 Å². The van der Waals surface area contributed by atoms with Crippen LogP contribution in [0.3, 0.4) is 0 Å². The third kappa shape index (κ3) is 2.41. The number of aromatic nitrogens is 3. The molecule has 0 aliphatic heterocycles. The van der Waals surface area contributed by atoms with E-state index in [-0.39, 0.29) is 0 Å². The summed E-state index contributed by atoms with van der Waals surface area (Å²) >= 11 is 1.61. The summed E-state index contributed by atoms with van der Waals surface area (Å²) in [5.74, 6) is 0. The van der Waals surface area contributed by atoms with Gasteiger partial charge in [-0.15, -0.1) is 11.3 Å². The van der Waals surface area contributed by atoms with Crippen LogP contribution in [0.25, 0.3) is 11.3 Å². The molecule has 0 bridgehead atoms. The monoisotopic (exact) mass is 256 g/mol. The van der Waals surface area contributed by atoms with Crippen molar-refractivity contribution >= 4 is 17.0 Å². The molecular weight excluding hydrogens is 244 g/mol. The fourth-order valence-electron chi connectivity index (χ4n) is 1.70. The molecular formula is C13H12N4S. The standard InChI is InChI=1S/C13H12N4S/c1-3-11(14-7-12-8-18-9-15-12)4-2-10(1)13-5-6-16-17-13/h1-6,8-9,14H,7H2,(H,16,17). The van der Waals surface area contributed by atoms with E-state index in [1.165, 1.54) is 0 Å². The number of rotatable bonds is 4. The third-order valence-corrected chi connectivity index (χ3v) is 3.29. The zero-order chi connectivity index (χ0) is 12.2. The first-order chi connectivity index (χ1) is 8.92. The number of aromatic amines is 1. The van der Waals surface area contributed by atoms with Gasteiger partial charge < -0.3 is 5.32 Å². The van der Waals surface area contributed by atoms with E-state index < -0.39 is 0 Å². The summed E-state index contributed by atoms with van der Waals surface area (Å²) in [7, 11) is 0. The largest absolute Gasteiger partial charge is 0.379 e. The number of nitrogens with one attached hydrogen (secondary N) is 2. The van der Waals surface area contributed by atoms with Gasteiger partial charge in [0.15, 0.2) is 0 Å². The van der Waals surface area contributed by atoms with Crippen LogP contribution < -0.4 is 5.32 Å². The summed E-state index contributed by atoms with van der Waals surface area (Å²) in [4.78, 5) is 4.23. The van der Waals surface area contributed by atoms with Gasteiger partial charge in [-0.3, -0.25) is 5.10 Å². The second-order valence-corrected chi connectivity index (χ2v) is 4.60. The molecule has 0 aliphatic rings. The van der Waals surface area contributed by atoms with Crippen molar-refractivity contribution in [1.82, 2.24) is 15.2 Å². The highest BCUT2D eigenvalue weighted by Gasteiger charge is 1.99. The van der Waals surface area contributed by atoms with Crippen LogP contribution in [-0.4, -0.2) is 15.2 Å². The Morgan fingerprint density at radius 2 is 2.06 bits per heavy atom. The van der Waals surface area contributed by atoms with E-state index in [2.05, 4.69) is 44.8 Å². The second kappa shape index (κ2) is 5.01. The van der Waals surface area contributed by atoms with Gasteiger partial charge in [0.1, 0.15) is 0 Å². The molecule has 0 saturated carbocycles. The maximum atomic E-state index is 4.23. The molecule has 0 unspecified atom stereocenters. The zero-order valence-corrected chi connectivity index (χ0v) is 10.4. The number of hydrogen-bond acceptors (Lipinski definition) is 4. The molecule has 2 heterocycles. The number of benzene rings is 1. The first kappa shape index (κ1) is 11.0. The van der Waals surface area contributed by atoms with E-state index in [1.807, 2.05) is 17.0 Å². The Morgan fingerprint density at radius 3 is 2.72 bits per heavy atom. The summed E-state index contributed by atoms with van der Waals surface area (Å²) < 4.78 is 0. The van der Waals surface area contributed by atoms with Crippen molar-refractivity contribution in [2.24, 2.45) is 0 Å². The van der Waals surface area contributed by atoms with E-state index in [9.17, 15) is 0 Å². The predicted molar refractivity (Wildman–Crippen MR) is 73.5 cm³/mol. The molecule has 18 heavy (non-hydrogen) atoms. The Bertz CT molecular complexity index is 584. The lowest BCUT2D eigenvalue weighted by atomic mass is 10.1. The molecule has 2 aromatic heterocycles. The van der Waals surface area contributed by atoms with Gasteiger partial charge in [0.2, 0.25) is 0 Å². The fraction of sp³-hybridized carbons (Fsp3) is 0.0769. The van der Waals surface area contributed by atoms with Gasteiger partial charge in [0.05, 0.1) is 23.4 Å². The highest BCUT2D eigenvalue weighted by molar-refractivity contribution is 7.07. The van der Waals surface area contributed by atoms with Gasteiger partial charge in [0, 0.05) is 17.3 Å². The quantitative estimate of drug-likeness (QED) is 0.754. The molecule has 0 atom stereocenters. The molecule has 0 spiro atoms. The van der Waals surface area contributed by atoms with E-state index in [0.29, 0.717) is 0 Å². The average molecular weight is 256 g/mol. The fourth-order valence-corrected chi connectivity index (χ4v) is 2.26. The molecule has 4 nitrogen and oxygen atoms in total. The Hall–Kier alpha value is -2.14. The van der Waals surface area contributed by atoms with Crippen LogP contribution in [0.5, 0.6) is 0 Å². The van der Waals surface area contributed by atoms with Gasteiger partial charge in [0.25, 0.3) is 0 Å². The normalized spacial score (nSPS) is 10.4. The van der Waals surface area contributed by atoms with E-state index in [1.54, 1.807) is 17.5 Å². The van der Waals surface area contributed by atoms with Crippen molar-refractivity contribution in [3.05, 3.63) is 53.1 Å². The summed E-state index contributed by atoms with van der Waals surface area (Å²) in [6.45, 7) is 0.757. The van der Waals surface area contributed by atoms with Crippen LogP contribution >= 0.6 is 11.3 Å². The second-order valence-electron chi connectivity index (χ2n) is 3.88. The molecule has 1 aromatic carbocycles. The predicted octanol–water partition coefficient (Wildman–Crippen LogP) is 3.15. The van der Waals surface area contributed by atoms with Crippen molar-refractivity contribution in [1.29, 1.82) is 0 Å². The molecule has 3 rings (SSSR count). The molecule has 0 saturated heterocycles. The molecule has 0 amide bonds. The molecule has 0 radical (unpaired) electrons. The van der Waals surface area contributed by atoms with Crippen LogP contribution in [0.1, 0.15) is 5.69 Å². The third-order valence-electron chi connectivity index (χ3n) is 2.65. The van der Waals surface area contributed by atoms with Crippen molar-refractivity contribution in [3.8, 4) is 11.3 Å². The summed E-state index contributed by atoms with van der Waals surface area (Å²) in [5, 5.41) is 12.3. The van der Waals surface area contributed by atoms with Gasteiger partial charge in [-0.1, -0.05) is 12.1 Å². The Labute approximate surface area is 109 Å². The number of thiazole rings is 1. The van der Waals surface area contributed by atoms with Crippen LogP contribution in [0, 0.1) is 0 Å². The van der Waals surface area contributed by atoms with Crippen LogP contribution in [0.15, 0.2) is 47.4 Å². The van der Waals surface area contributed by atoms with E-state index in [0.717, 1.165) is 29.2 Å². The smallest absolute Gasteiger partial charge is 0.0795 e. The SMILES string of the molecule is c1cc(-c2ccc(NCc3cscn3)cc2)[nH]n1. The van der Waals surface area contributed by atoms with Gasteiger partial charge in [-0.2, -0.15) is 5.10 Å². The number of nitrogens with zero attached hydrogens (tertiary/aromatic N) is 2. The minimum absolute atomic E-state index is 0.757. The Morgan fingerprint density at radius 1 is 1.17 bits per heavy atom. The topological polar surface area (TPSA) is 53.6 Å². The molecule has 0 aliphatic carbocycles. The first-order valence-corrected chi connectivity index (χ1v) is 6.57. The summed E-state index contributed by atoms with van der Waals surface area (Å²) in [6.07, 6.45) is 1.75. The van der Waals surface area contributed by atoms with Gasteiger partial charge in [-0.25, -0.2) is 4.98 Å². The highest BCUT2D eigenvalue weighted by Crippen LogP contribution is 2.19. The molecule has 90 valence electrons. The van der Waals surface area contributed by atoms with Crippen LogP contribution in [0.2, 0.25) is 0 Å². The zero-order valence-electron chi connectivity index (χ0n) is 9.63. The highest BCUT2D eigenvalue weighted by atomic mass is 32.1. The van der Waals surface area contributed by atoms with Crippen molar-refractivity contribution in [3.63, 3.8) is 0 Å². The Balaban J connectivity index is 1.68. The lowest BCUT2D eigenvalue weighted by Gasteiger charge is -2.05. The van der Waals surface area contributed by atoms with Crippen molar-refractivity contribution in [2.45, 2.75) is 6.54 Å². The maximum absolute atomic E-state index is 4.23. The molecule has 0 fully saturated rings. The van der Waals surface area contributed by atoms with Crippen molar-refractivity contribution in [2.75, 3.05) is 5.32 Å². The van der Waals surface area contributed by atoms with Crippen molar-refractivity contribution < 1.29 is 0 Å². The lowest BCUT2D eigenvalue weighted by Crippen LogP contribution is -1.99. The number of H-pyrrole nitrogens is 1. The molecule has 3 aromatic rings. The summed E-state index contributed by atoms with van der Waals surface area (Å²) in [6, 6.07) is 10.2. The average Bonchev–Trinajstić information content (AvgIpc) is 3.10. The Kier molecular flexibility index (Phi) is 3.06. The molecule has 5 heteroatoms. The minimum Gasteiger partial charge on any atom is -0.379 e. The summed E-state index contributed by atoms with van der Waals surface area (Å²) in [5.41, 5.74) is 6.16. The lowest BCUT2D eigenvalue weighted by molar-refractivity contribution is 1.07. The minimum atomic E-state index is 0.757. The van der Waals surface area contributed by atoms with Crippen LogP contribution in [-0.2, 0) is 6.54 Å². The van der Waals surface area contributed by atoms with Gasteiger partial charge >= 0.3 is 0 Å². The number of hydrogen-bond donors (Lipinski definition) is 2. The maximum Gasteiger partial charge on any atom is 0.0795 e. The van der Waals surface area contributed by atoms with Gasteiger partial charge in [-0.05, 0) is 23.8 Å².